The first-order chi connectivity index (χ1) is 11.9. The third kappa shape index (κ3) is 3.42. The number of hydrogen-bond donors (Lipinski definition) is 2. The molecular weight excluding hydrogens is 342 g/mol. The van der Waals surface area contributed by atoms with E-state index in [9.17, 15) is 19.8 Å². The van der Waals surface area contributed by atoms with Crippen molar-refractivity contribution in [1.82, 2.24) is 4.90 Å². The van der Waals surface area contributed by atoms with E-state index in [1.807, 2.05) is 6.08 Å². The van der Waals surface area contributed by atoms with E-state index in [4.69, 9.17) is 9.47 Å². The average molecular weight is 369 g/mol. The molecule has 3 aliphatic rings. The SMILES string of the molecule is C/C=C1/C[C@H](C)[C@](O)(CO)C(=O)OCC2=CCN3CC[C@@H](OC1=O)[C@@H]23.O. The molecule has 4 atom stereocenters. The molecule has 0 aromatic carbocycles. The Balaban J connectivity index is 0.00000243. The lowest BCUT2D eigenvalue weighted by Gasteiger charge is -2.32. The Morgan fingerprint density at radius 1 is 1.42 bits per heavy atom. The second-order valence-electron chi connectivity index (χ2n) is 7.03. The number of aliphatic hydroxyl groups excluding tert-OH is 1. The molecule has 4 N–H and O–H groups in total. The third-order valence-corrected chi connectivity index (χ3v) is 5.59. The minimum Gasteiger partial charge on any atom is -0.459 e. The summed E-state index contributed by atoms with van der Waals surface area (Å²) in [5.74, 6) is -1.99. The van der Waals surface area contributed by atoms with E-state index < -0.39 is 30.1 Å². The maximum atomic E-state index is 12.6. The van der Waals surface area contributed by atoms with Crippen LogP contribution in [0.3, 0.4) is 0 Å². The molecule has 2 saturated heterocycles. The first-order valence-corrected chi connectivity index (χ1v) is 8.70. The minimum atomic E-state index is -2.05. The van der Waals surface area contributed by atoms with Crippen LogP contribution < -0.4 is 0 Å². The molecule has 0 radical (unpaired) electrons. The summed E-state index contributed by atoms with van der Waals surface area (Å²) in [5, 5.41) is 20.2. The topological polar surface area (TPSA) is 128 Å². The van der Waals surface area contributed by atoms with Crippen LogP contribution >= 0.6 is 0 Å². The highest BCUT2D eigenvalue weighted by molar-refractivity contribution is 5.89. The fourth-order valence-corrected chi connectivity index (χ4v) is 3.85. The van der Waals surface area contributed by atoms with Crippen molar-refractivity contribution in [2.45, 2.75) is 44.4 Å². The molecule has 0 aromatic heterocycles. The Morgan fingerprint density at radius 2 is 2.15 bits per heavy atom. The molecule has 26 heavy (non-hydrogen) atoms. The van der Waals surface area contributed by atoms with Gasteiger partial charge < -0.3 is 25.2 Å². The molecule has 0 amide bonds. The normalized spacial score (nSPS) is 37.0. The molecule has 3 rings (SSSR count). The maximum Gasteiger partial charge on any atom is 0.341 e. The molecule has 146 valence electrons. The number of nitrogens with zero attached hydrogens (tertiary/aromatic N) is 1. The van der Waals surface area contributed by atoms with E-state index in [-0.39, 0.29) is 30.6 Å². The highest BCUT2D eigenvalue weighted by Gasteiger charge is 2.46. The molecule has 0 aliphatic carbocycles. The monoisotopic (exact) mass is 369 g/mol. The van der Waals surface area contributed by atoms with E-state index in [1.54, 1.807) is 19.9 Å². The Bertz CT molecular complexity index is 629. The van der Waals surface area contributed by atoms with Gasteiger partial charge in [0, 0.05) is 24.6 Å². The van der Waals surface area contributed by atoms with E-state index in [0.29, 0.717) is 5.57 Å². The second-order valence-corrected chi connectivity index (χ2v) is 7.03. The Kier molecular flexibility index (Phi) is 6.23. The summed E-state index contributed by atoms with van der Waals surface area (Å²) in [6, 6.07) is -0.0890. The Labute approximate surface area is 152 Å². The highest BCUT2D eigenvalue weighted by atomic mass is 16.6. The van der Waals surface area contributed by atoms with Gasteiger partial charge in [-0.25, -0.2) is 9.59 Å². The number of allylic oxidation sites excluding steroid dienone is 1. The van der Waals surface area contributed by atoms with Crippen molar-refractivity contribution in [3.63, 3.8) is 0 Å². The number of rotatable bonds is 1. The molecule has 8 nitrogen and oxygen atoms in total. The number of ether oxygens (including phenoxy) is 2. The summed E-state index contributed by atoms with van der Waals surface area (Å²) in [7, 11) is 0. The van der Waals surface area contributed by atoms with E-state index in [0.717, 1.165) is 25.1 Å². The first-order valence-electron chi connectivity index (χ1n) is 8.70. The molecule has 2 fully saturated rings. The lowest BCUT2D eigenvalue weighted by Crippen LogP contribution is -2.50. The molecule has 0 unspecified atom stereocenters. The second kappa shape index (κ2) is 7.87. The van der Waals surface area contributed by atoms with Gasteiger partial charge >= 0.3 is 11.9 Å². The van der Waals surface area contributed by atoms with Gasteiger partial charge in [0.1, 0.15) is 12.7 Å². The first kappa shape index (κ1) is 20.6. The zero-order valence-corrected chi connectivity index (χ0v) is 15.1. The predicted octanol–water partition coefficient (Wildman–Crippen LogP) is -0.659. The predicted molar refractivity (Wildman–Crippen MR) is 92.1 cm³/mol. The number of cyclic esters (lactones) is 1. The van der Waals surface area contributed by atoms with Gasteiger partial charge in [0.05, 0.1) is 12.6 Å². The molecule has 0 bridgehead atoms. The summed E-state index contributed by atoms with van der Waals surface area (Å²) < 4.78 is 11.1. The standard InChI is InChI=1S/C18H25NO6.H2O/c1-3-12-8-11(2)18(23,10-20)17(22)24-9-13-4-6-19-7-5-14(15(13)19)25-16(12)21;/h3-4,11,14-15,20,23H,5-10H2,1-2H3;1H2/b12-3-;/t11-,14+,15+,18+;/m0./s1. The zero-order chi connectivity index (χ0) is 18.2. The molecule has 0 saturated carbocycles. The van der Waals surface area contributed by atoms with Crippen LogP contribution in [0.5, 0.6) is 0 Å². The minimum absolute atomic E-state index is 0. The van der Waals surface area contributed by atoms with Gasteiger partial charge in [-0.2, -0.15) is 0 Å². The van der Waals surface area contributed by atoms with Crippen LogP contribution in [0.1, 0.15) is 26.7 Å². The van der Waals surface area contributed by atoms with Gasteiger partial charge in [0.2, 0.25) is 0 Å². The summed E-state index contributed by atoms with van der Waals surface area (Å²) in [5.41, 5.74) is -0.796. The number of carbonyl (C=O) groups is 2. The summed E-state index contributed by atoms with van der Waals surface area (Å²) in [4.78, 5) is 27.2. The van der Waals surface area contributed by atoms with Crippen molar-refractivity contribution < 1.29 is 34.8 Å². The molecule has 3 heterocycles. The maximum absolute atomic E-state index is 12.6. The fourth-order valence-electron chi connectivity index (χ4n) is 3.85. The van der Waals surface area contributed by atoms with Crippen molar-refractivity contribution in [3.05, 3.63) is 23.3 Å². The molecule has 0 spiro atoms. The van der Waals surface area contributed by atoms with Crippen molar-refractivity contribution in [2.75, 3.05) is 26.3 Å². The van der Waals surface area contributed by atoms with E-state index in [2.05, 4.69) is 4.90 Å². The fraction of sp³-hybridized carbons (Fsp3) is 0.667. The van der Waals surface area contributed by atoms with Crippen molar-refractivity contribution in [2.24, 2.45) is 5.92 Å². The van der Waals surface area contributed by atoms with Crippen molar-refractivity contribution >= 4 is 11.9 Å². The van der Waals surface area contributed by atoms with E-state index in [1.165, 1.54) is 0 Å². The smallest absolute Gasteiger partial charge is 0.341 e. The largest absolute Gasteiger partial charge is 0.459 e. The average Bonchev–Trinajstić information content (AvgIpc) is 3.18. The molecule has 8 heteroatoms. The molecular formula is C18H27NO7. The van der Waals surface area contributed by atoms with Crippen LogP contribution in [0.25, 0.3) is 0 Å². The Hall–Kier alpha value is -1.74. The van der Waals surface area contributed by atoms with Gasteiger partial charge in [-0.3, -0.25) is 4.90 Å². The van der Waals surface area contributed by atoms with Gasteiger partial charge in [-0.1, -0.05) is 19.1 Å². The van der Waals surface area contributed by atoms with Crippen LogP contribution in [0.4, 0.5) is 0 Å². The van der Waals surface area contributed by atoms with Crippen LogP contribution in [0.2, 0.25) is 0 Å². The number of carbonyl (C=O) groups excluding carboxylic acids is 2. The van der Waals surface area contributed by atoms with Gasteiger partial charge in [-0.15, -0.1) is 0 Å². The van der Waals surface area contributed by atoms with Crippen LogP contribution in [0, 0.1) is 5.92 Å². The van der Waals surface area contributed by atoms with Gasteiger partial charge in [-0.05, 0) is 25.3 Å². The number of esters is 2. The Morgan fingerprint density at radius 3 is 2.81 bits per heavy atom. The van der Waals surface area contributed by atoms with Gasteiger partial charge in [0.25, 0.3) is 0 Å². The van der Waals surface area contributed by atoms with Crippen LogP contribution in [-0.4, -0.2) is 76.6 Å². The number of aliphatic hydroxyl groups is 2. The summed E-state index contributed by atoms with van der Waals surface area (Å²) in [6.45, 7) is 4.12. The lowest BCUT2D eigenvalue weighted by atomic mass is 9.84. The molecule has 0 aromatic rings. The van der Waals surface area contributed by atoms with E-state index >= 15 is 0 Å². The molecule has 3 aliphatic heterocycles. The summed E-state index contributed by atoms with van der Waals surface area (Å²) in [6.07, 6.45) is 4.20. The summed E-state index contributed by atoms with van der Waals surface area (Å²) >= 11 is 0. The third-order valence-electron chi connectivity index (χ3n) is 5.59. The lowest BCUT2D eigenvalue weighted by molar-refractivity contribution is -0.176. The highest BCUT2D eigenvalue weighted by Crippen LogP contribution is 2.34. The van der Waals surface area contributed by atoms with Crippen LogP contribution in [-0.2, 0) is 19.1 Å². The van der Waals surface area contributed by atoms with Crippen molar-refractivity contribution in [1.29, 1.82) is 0 Å². The quantitative estimate of drug-likeness (QED) is 0.357. The van der Waals surface area contributed by atoms with Gasteiger partial charge in [0.15, 0.2) is 5.60 Å². The van der Waals surface area contributed by atoms with Crippen molar-refractivity contribution in [3.8, 4) is 0 Å². The number of hydrogen-bond acceptors (Lipinski definition) is 7. The van der Waals surface area contributed by atoms with Crippen LogP contribution in [0.15, 0.2) is 23.3 Å². The zero-order valence-electron chi connectivity index (χ0n) is 15.1.